The first kappa shape index (κ1) is 5.34. The number of hydrogen-bond acceptors (Lipinski definition) is 4. The van der Waals surface area contributed by atoms with Crippen LogP contribution in [0.25, 0.3) is 0 Å². The molecule has 4 nitrogen and oxygen atoms in total. The van der Waals surface area contributed by atoms with Crippen LogP contribution in [-0.2, 0) is 11.4 Å². The minimum Gasteiger partial charge on any atom is -0.391 e. The van der Waals surface area contributed by atoms with E-state index in [2.05, 4.69) is 15.1 Å². The van der Waals surface area contributed by atoms with Crippen molar-refractivity contribution in [1.29, 1.82) is 0 Å². The van der Waals surface area contributed by atoms with Gasteiger partial charge in [0.25, 0.3) is 0 Å². The molecule has 1 aliphatic rings. The fourth-order valence-electron chi connectivity index (χ4n) is 0.789. The molecule has 0 radical (unpaired) electrons. The molecule has 0 fully saturated rings. The van der Waals surface area contributed by atoms with Gasteiger partial charge in [0.05, 0.1) is 11.9 Å². The Balaban J connectivity index is 2.54. The monoisotopic (exact) mass is 135 g/mol. The lowest BCUT2D eigenvalue weighted by Gasteiger charge is -2.06. The Morgan fingerprint density at radius 2 is 2.50 bits per heavy atom. The van der Waals surface area contributed by atoms with Gasteiger partial charge in [-0.25, -0.2) is 9.97 Å². The molecule has 2 heterocycles. The maximum absolute atomic E-state index is 4.79. The number of fused-ring (bicyclic) bond motifs is 1. The van der Waals surface area contributed by atoms with E-state index in [1.165, 1.54) is 6.33 Å². The number of rotatable bonds is 0. The van der Waals surface area contributed by atoms with E-state index in [-0.39, 0.29) is 0 Å². The van der Waals surface area contributed by atoms with E-state index >= 15 is 0 Å². The van der Waals surface area contributed by atoms with Gasteiger partial charge in [0, 0.05) is 11.8 Å². The molecule has 0 saturated heterocycles. The highest BCUT2D eigenvalue weighted by Gasteiger charge is 2.05. The van der Waals surface area contributed by atoms with Crippen molar-refractivity contribution in [2.45, 2.75) is 6.61 Å². The second-order valence-electron chi connectivity index (χ2n) is 1.94. The standard InChI is InChI=1S/C6H5N3O/c1-5-3-10-9-2-6(5)8-4-7-1/h1-2,4H,3H2. The first-order valence-electron chi connectivity index (χ1n) is 2.91. The second-order valence-corrected chi connectivity index (χ2v) is 1.94. The van der Waals surface area contributed by atoms with Crippen molar-refractivity contribution >= 4 is 6.21 Å². The summed E-state index contributed by atoms with van der Waals surface area (Å²) >= 11 is 0. The van der Waals surface area contributed by atoms with Crippen LogP contribution in [-0.4, -0.2) is 16.2 Å². The van der Waals surface area contributed by atoms with Crippen molar-refractivity contribution < 1.29 is 4.84 Å². The number of aromatic nitrogens is 2. The molecule has 50 valence electrons. The SMILES string of the molecule is C1=NOCc2cncnc21. The summed E-state index contributed by atoms with van der Waals surface area (Å²) in [4.78, 5) is 12.6. The molecular weight excluding hydrogens is 130 g/mol. The molecule has 0 atom stereocenters. The maximum atomic E-state index is 4.79. The van der Waals surface area contributed by atoms with Gasteiger partial charge in [-0.05, 0) is 0 Å². The number of oxime groups is 1. The Morgan fingerprint density at radius 1 is 1.50 bits per heavy atom. The highest BCUT2D eigenvalue weighted by atomic mass is 16.6. The van der Waals surface area contributed by atoms with Gasteiger partial charge in [-0.15, -0.1) is 0 Å². The molecular formula is C6H5N3O. The van der Waals surface area contributed by atoms with Gasteiger partial charge in [0.15, 0.2) is 0 Å². The molecule has 10 heavy (non-hydrogen) atoms. The summed E-state index contributed by atoms with van der Waals surface area (Å²) in [6, 6.07) is 0. The van der Waals surface area contributed by atoms with Crippen molar-refractivity contribution in [2.24, 2.45) is 5.16 Å². The normalized spacial score (nSPS) is 14.0. The molecule has 0 unspecified atom stereocenters. The van der Waals surface area contributed by atoms with Gasteiger partial charge in [-0.2, -0.15) is 0 Å². The molecule has 0 N–H and O–H groups in total. The third-order valence-electron chi connectivity index (χ3n) is 1.29. The fourth-order valence-corrected chi connectivity index (χ4v) is 0.789. The Hall–Kier alpha value is -1.45. The zero-order valence-corrected chi connectivity index (χ0v) is 5.19. The van der Waals surface area contributed by atoms with Crippen molar-refractivity contribution in [3.8, 4) is 0 Å². The Morgan fingerprint density at radius 3 is 3.40 bits per heavy atom. The number of hydrogen-bond donors (Lipinski definition) is 0. The van der Waals surface area contributed by atoms with Crippen molar-refractivity contribution in [2.75, 3.05) is 0 Å². The van der Waals surface area contributed by atoms with Crippen molar-refractivity contribution in [3.63, 3.8) is 0 Å². The molecule has 2 rings (SSSR count). The van der Waals surface area contributed by atoms with Crippen LogP contribution in [0, 0.1) is 0 Å². The van der Waals surface area contributed by atoms with Crippen LogP contribution >= 0.6 is 0 Å². The molecule has 4 heteroatoms. The molecule has 0 spiro atoms. The molecule has 0 aliphatic carbocycles. The summed E-state index contributed by atoms with van der Waals surface area (Å²) < 4.78 is 0. The lowest BCUT2D eigenvalue weighted by atomic mass is 10.2. The minimum atomic E-state index is 0.479. The quantitative estimate of drug-likeness (QED) is 0.515. The van der Waals surface area contributed by atoms with Crippen molar-refractivity contribution in [3.05, 3.63) is 23.8 Å². The van der Waals surface area contributed by atoms with E-state index < -0.39 is 0 Å². The average Bonchev–Trinajstić information content (AvgIpc) is 2.05. The van der Waals surface area contributed by atoms with Crippen LogP contribution in [0.4, 0.5) is 0 Å². The maximum Gasteiger partial charge on any atom is 0.145 e. The summed E-state index contributed by atoms with van der Waals surface area (Å²) in [6.07, 6.45) is 4.81. The van der Waals surface area contributed by atoms with Crippen LogP contribution < -0.4 is 0 Å². The van der Waals surface area contributed by atoms with Crippen LogP contribution in [0.15, 0.2) is 17.7 Å². The first-order chi connectivity index (χ1) is 4.97. The van der Waals surface area contributed by atoms with Crippen molar-refractivity contribution in [1.82, 2.24) is 9.97 Å². The van der Waals surface area contributed by atoms with Gasteiger partial charge in [-0.1, -0.05) is 5.16 Å². The first-order valence-corrected chi connectivity index (χ1v) is 2.91. The number of nitrogens with zero attached hydrogens (tertiary/aromatic N) is 3. The topological polar surface area (TPSA) is 47.4 Å². The van der Waals surface area contributed by atoms with E-state index in [1.807, 2.05) is 0 Å². The van der Waals surface area contributed by atoms with Crippen LogP contribution in [0.5, 0.6) is 0 Å². The van der Waals surface area contributed by atoms with E-state index in [1.54, 1.807) is 12.4 Å². The van der Waals surface area contributed by atoms with Crippen LogP contribution in [0.1, 0.15) is 11.3 Å². The summed E-state index contributed by atoms with van der Waals surface area (Å²) in [5.74, 6) is 0. The highest BCUT2D eigenvalue weighted by Crippen LogP contribution is 2.06. The predicted molar refractivity (Wildman–Crippen MR) is 34.4 cm³/mol. The fraction of sp³-hybridized carbons (Fsp3) is 0.167. The summed E-state index contributed by atoms with van der Waals surface area (Å²) in [7, 11) is 0. The Labute approximate surface area is 57.6 Å². The summed E-state index contributed by atoms with van der Waals surface area (Å²) in [5, 5.41) is 3.60. The minimum absolute atomic E-state index is 0.479. The van der Waals surface area contributed by atoms with Gasteiger partial charge in [-0.3, -0.25) is 0 Å². The van der Waals surface area contributed by atoms with Gasteiger partial charge < -0.3 is 4.84 Å². The molecule has 0 bridgehead atoms. The van der Waals surface area contributed by atoms with Gasteiger partial charge in [0.1, 0.15) is 12.9 Å². The molecule has 1 aromatic heterocycles. The van der Waals surface area contributed by atoms with Crippen LogP contribution in [0.3, 0.4) is 0 Å². The van der Waals surface area contributed by atoms with Gasteiger partial charge in [0.2, 0.25) is 0 Å². The smallest absolute Gasteiger partial charge is 0.145 e. The lowest BCUT2D eigenvalue weighted by molar-refractivity contribution is 0.127. The van der Waals surface area contributed by atoms with Gasteiger partial charge >= 0.3 is 0 Å². The second kappa shape index (κ2) is 2.06. The Bertz CT molecular complexity index is 271. The molecule has 1 aromatic rings. The molecule has 0 amide bonds. The van der Waals surface area contributed by atoms with E-state index in [4.69, 9.17) is 4.84 Å². The zero-order valence-electron chi connectivity index (χ0n) is 5.19. The average molecular weight is 135 g/mol. The molecule has 0 saturated carbocycles. The van der Waals surface area contributed by atoms with E-state index in [0.717, 1.165) is 11.3 Å². The zero-order chi connectivity index (χ0) is 6.81. The molecule has 0 aromatic carbocycles. The Kier molecular flexibility index (Phi) is 1.10. The summed E-state index contributed by atoms with van der Waals surface area (Å²) in [5.41, 5.74) is 1.83. The third kappa shape index (κ3) is 0.737. The van der Waals surface area contributed by atoms with E-state index in [9.17, 15) is 0 Å². The third-order valence-corrected chi connectivity index (χ3v) is 1.29. The van der Waals surface area contributed by atoms with Crippen LogP contribution in [0.2, 0.25) is 0 Å². The predicted octanol–water partition coefficient (Wildman–Crippen LogP) is 0.341. The molecule has 1 aliphatic heterocycles. The summed E-state index contributed by atoms with van der Waals surface area (Å²) in [6.45, 7) is 0.479. The van der Waals surface area contributed by atoms with E-state index in [0.29, 0.717) is 6.61 Å². The largest absolute Gasteiger partial charge is 0.391 e. The lowest BCUT2D eigenvalue weighted by Crippen LogP contribution is -2.03. The highest BCUT2D eigenvalue weighted by molar-refractivity contribution is 5.78.